The molecule has 98 valence electrons. The first kappa shape index (κ1) is 13.4. The minimum Gasteiger partial charge on any atom is -0.481 e. The van der Waals surface area contributed by atoms with Crippen molar-refractivity contribution in [2.24, 2.45) is 0 Å². The number of carboxylic acids is 1. The number of para-hydroxylation sites is 1. The van der Waals surface area contributed by atoms with Gasteiger partial charge < -0.3 is 5.11 Å². The number of carboxylic acid groups (broad SMARTS) is 1. The number of hydrogen-bond donors (Lipinski definition) is 1. The van der Waals surface area contributed by atoms with Crippen molar-refractivity contribution in [3.8, 4) is 5.69 Å². The Morgan fingerprint density at radius 3 is 2.79 bits per heavy atom. The van der Waals surface area contributed by atoms with Gasteiger partial charge in [-0.2, -0.15) is 4.98 Å². The average Bonchev–Trinajstić information content (AvgIpc) is 2.37. The largest absolute Gasteiger partial charge is 0.481 e. The number of hydrogen-bond acceptors (Lipinski definition) is 4. The molecule has 0 saturated carbocycles. The van der Waals surface area contributed by atoms with Crippen LogP contribution in [0.3, 0.4) is 0 Å². The van der Waals surface area contributed by atoms with Gasteiger partial charge in [0.1, 0.15) is 0 Å². The zero-order chi connectivity index (χ0) is 13.8. The number of nitrogens with zero attached hydrogens (tertiary/aromatic N) is 2. The van der Waals surface area contributed by atoms with Gasteiger partial charge in [-0.3, -0.25) is 14.2 Å². The highest BCUT2D eigenvalue weighted by molar-refractivity contribution is 7.99. The molecule has 0 bridgehead atoms. The van der Waals surface area contributed by atoms with E-state index in [2.05, 4.69) is 4.98 Å². The molecule has 0 fully saturated rings. The second kappa shape index (κ2) is 5.71. The standard InChI is InChI=1S/C13H12N2O3S/c1-9-4-2-3-5-10(9)15-7-6-11(16)14-13(15)19-8-12(17)18/h2-7H,8H2,1H3,(H,17,18). The maximum absolute atomic E-state index is 11.3. The minimum absolute atomic E-state index is 0.137. The molecule has 19 heavy (non-hydrogen) atoms. The Balaban J connectivity index is 2.48. The minimum atomic E-state index is -0.945. The van der Waals surface area contributed by atoms with Crippen molar-refractivity contribution >= 4 is 17.7 Å². The van der Waals surface area contributed by atoms with E-state index in [9.17, 15) is 9.59 Å². The van der Waals surface area contributed by atoms with Crippen LogP contribution in [0.25, 0.3) is 5.69 Å². The molecule has 1 aromatic carbocycles. The SMILES string of the molecule is Cc1ccccc1-n1ccc(=O)nc1SCC(=O)O. The van der Waals surface area contributed by atoms with Gasteiger partial charge in [0, 0.05) is 12.3 Å². The summed E-state index contributed by atoms with van der Waals surface area (Å²) in [5, 5.41) is 9.10. The number of aromatic nitrogens is 2. The monoisotopic (exact) mass is 276 g/mol. The van der Waals surface area contributed by atoms with Crippen LogP contribution in [0, 0.1) is 6.92 Å². The molecule has 0 spiro atoms. The third kappa shape index (κ3) is 3.23. The lowest BCUT2D eigenvalue weighted by molar-refractivity contribution is -0.133. The van der Waals surface area contributed by atoms with Crippen molar-refractivity contribution in [2.75, 3.05) is 5.75 Å². The predicted octanol–water partition coefficient (Wildman–Crippen LogP) is 1.72. The van der Waals surface area contributed by atoms with Crippen molar-refractivity contribution in [2.45, 2.75) is 12.1 Å². The van der Waals surface area contributed by atoms with Crippen molar-refractivity contribution in [3.63, 3.8) is 0 Å². The summed E-state index contributed by atoms with van der Waals surface area (Å²) in [7, 11) is 0. The van der Waals surface area contributed by atoms with Crippen LogP contribution in [0.5, 0.6) is 0 Å². The Bertz CT molecular complexity index is 667. The highest BCUT2D eigenvalue weighted by Crippen LogP contribution is 2.20. The van der Waals surface area contributed by atoms with E-state index < -0.39 is 5.97 Å². The van der Waals surface area contributed by atoms with Crippen LogP contribution in [-0.2, 0) is 4.79 Å². The van der Waals surface area contributed by atoms with Crippen molar-refractivity contribution < 1.29 is 9.90 Å². The summed E-state index contributed by atoms with van der Waals surface area (Å²) in [4.78, 5) is 25.8. The van der Waals surface area contributed by atoms with E-state index in [4.69, 9.17) is 5.11 Å². The van der Waals surface area contributed by atoms with Gasteiger partial charge in [-0.05, 0) is 18.6 Å². The summed E-state index contributed by atoms with van der Waals surface area (Å²) in [6, 6.07) is 8.99. The Labute approximate surface area is 113 Å². The van der Waals surface area contributed by atoms with E-state index >= 15 is 0 Å². The lowest BCUT2D eigenvalue weighted by Gasteiger charge is -2.13. The van der Waals surface area contributed by atoms with Crippen LogP contribution in [0.2, 0.25) is 0 Å². The van der Waals surface area contributed by atoms with Crippen LogP contribution in [0.1, 0.15) is 5.56 Å². The van der Waals surface area contributed by atoms with Crippen LogP contribution in [0.4, 0.5) is 0 Å². The fourth-order valence-corrected chi connectivity index (χ4v) is 2.34. The van der Waals surface area contributed by atoms with E-state index in [-0.39, 0.29) is 11.3 Å². The zero-order valence-corrected chi connectivity index (χ0v) is 11.1. The maximum Gasteiger partial charge on any atom is 0.313 e. The van der Waals surface area contributed by atoms with E-state index in [1.807, 2.05) is 31.2 Å². The summed E-state index contributed by atoms with van der Waals surface area (Å²) in [6.45, 7) is 1.94. The summed E-state index contributed by atoms with van der Waals surface area (Å²) in [5.74, 6) is -1.08. The number of thioether (sulfide) groups is 1. The Morgan fingerprint density at radius 2 is 2.11 bits per heavy atom. The second-order valence-corrected chi connectivity index (χ2v) is 4.83. The lowest BCUT2D eigenvalue weighted by atomic mass is 10.2. The predicted molar refractivity (Wildman–Crippen MR) is 72.9 cm³/mol. The summed E-state index contributed by atoms with van der Waals surface area (Å²) < 4.78 is 1.73. The summed E-state index contributed by atoms with van der Waals surface area (Å²) in [6.07, 6.45) is 1.61. The van der Waals surface area contributed by atoms with Gasteiger partial charge in [0.25, 0.3) is 5.56 Å². The Hall–Kier alpha value is -2.08. The van der Waals surface area contributed by atoms with E-state index in [0.29, 0.717) is 5.16 Å². The molecule has 1 N–H and O–H groups in total. The fourth-order valence-electron chi connectivity index (χ4n) is 1.63. The quantitative estimate of drug-likeness (QED) is 0.680. The zero-order valence-electron chi connectivity index (χ0n) is 10.2. The van der Waals surface area contributed by atoms with E-state index in [1.54, 1.807) is 10.8 Å². The average molecular weight is 276 g/mol. The van der Waals surface area contributed by atoms with E-state index in [1.165, 1.54) is 6.07 Å². The first-order valence-corrected chi connectivity index (χ1v) is 6.57. The van der Waals surface area contributed by atoms with Crippen LogP contribution < -0.4 is 5.56 Å². The second-order valence-electron chi connectivity index (χ2n) is 3.89. The van der Waals surface area contributed by atoms with Crippen molar-refractivity contribution in [1.82, 2.24) is 9.55 Å². The summed E-state index contributed by atoms with van der Waals surface area (Å²) >= 11 is 1.03. The number of rotatable bonds is 4. The molecule has 0 aliphatic carbocycles. The van der Waals surface area contributed by atoms with Gasteiger partial charge in [-0.15, -0.1) is 0 Å². The smallest absolute Gasteiger partial charge is 0.313 e. The van der Waals surface area contributed by atoms with Crippen LogP contribution in [-0.4, -0.2) is 26.4 Å². The van der Waals surface area contributed by atoms with Gasteiger partial charge in [0.15, 0.2) is 5.16 Å². The van der Waals surface area contributed by atoms with Crippen molar-refractivity contribution in [3.05, 3.63) is 52.4 Å². The highest BCUT2D eigenvalue weighted by Gasteiger charge is 2.09. The Morgan fingerprint density at radius 1 is 1.37 bits per heavy atom. The number of aliphatic carboxylic acids is 1. The third-order valence-corrected chi connectivity index (χ3v) is 3.42. The molecule has 1 heterocycles. The molecule has 2 rings (SSSR count). The molecule has 0 unspecified atom stereocenters. The molecule has 0 amide bonds. The van der Waals surface area contributed by atoms with Crippen LogP contribution >= 0.6 is 11.8 Å². The lowest BCUT2D eigenvalue weighted by Crippen LogP contribution is -2.13. The normalized spacial score (nSPS) is 10.4. The molecule has 0 saturated heterocycles. The molecule has 0 atom stereocenters. The van der Waals surface area contributed by atoms with Crippen LogP contribution in [0.15, 0.2) is 46.5 Å². The molecule has 0 aliphatic rings. The molecule has 0 aliphatic heterocycles. The number of aryl methyl sites for hydroxylation is 1. The topological polar surface area (TPSA) is 72.2 Å². The fraction of sp³-hybridized carbons (Fsp3) is 0.154. The van der Waals surface area contributed by atoms with Gasteiger partial charge in [-0.25, -0.2) is 0 Å². The molecule has 1 aromatic heterocycles. The Kier molecular flexibility index (Phi) is 4.01. The molecule has 5 nitrogen and oxygen atoms in total. The summed E-state index contributed by atoms with van der Waals surface area (Å²) in [5.41, 5.74) is 1.52. The molecule has 2 aromatic rings. The molecule has 6 heteroatoms. The van der Waals surface area contributed by atoms with Crippen molar-refractivity contribution in [1.29, 1.82) is 0 Å². The van der Waals surface area contributed by atoms with Gasteiger partial charge in [0.05, 0.1) is 11.4 Å². The maximum atomic E-state index is 11.3. The van der Waals surface area contributed by atoms with E-state index in [0.717, 1.165) is 23.0 Å². The number of carbonyl (C=O) groups is 1. The van der Waals surface area contributed by atoms with Gasteiger partial charge in [-0.1, -0.05) is 30.0 Å². The first-order valence-electron chi connectivity index (χ1n) is 5.58. The first-order chi connectivity index (χ1) is 9.08. The third-order valence-electron chi connectivity index (χ3n) is 2.48. The number of benzene rings is 1. The molecular formula is C13H12N2O3S. The molecule has 0 radical (unpaired) electrons. The molecular weight excluding hydrogens is 264 g/mol. The van der Waals surface area contributed by atoms with Gasteiger partial charge >= 0.3 is 5.97 Å². The van der Waals surface area contributed by atoms with Gasteiger partial charge in [0.2, 0.25) is 0 Å². The highest BCUT2D eigenvalue weighted by atomic mass is 32.2.